The third-order valence-corrected chi connectivity index (χ3v) is 1.64. The summed E-state index contributed by atoms with van der Waals surface area (Å²) in [5.74, 6) is 0.706. The Morgan fingerprint density at radius 3 is 2.23 bits per heavy atom. The zero-order valence-corrected chi connectivity index (χ0v) is 10.3. The molecule has 1 aliphatic heterocycles. The van der Waals surface area contributed by atoms with Crippen LogP contribution < -0.4 is 0 Å². The molecule has 82 valence electrons. The van der Waals surface area contributed by atoms with Crippen molar-refractivity contribution in [2.75, 3.05) is 33.4 Å². The van der Waals surface area contributed by atoms with Crippen LogP contribution in [0.1, 0.15) is 34.6 Å². The molecule has 0 radical (unpaired) electrons. The zero-order valence-electron chi connectivity index (χ0n) is 10.3. The molecular formula is C11H27NO. The SMILES string of the molecule is CC.CC.CC1COCCN(C)C1. The van der Waals surface area contributed by atoms with Gasteiger partial charge in [0.25, 0.3) is 0 Å². The van der Waals surface area contributed by atoms with E-state index in [4.69, 9.17) is 4.74 Å². The van der Waals surface area contributed by atoms with Crippen molar-refractivity contribution in [3.05, 3.63) is 0 Å². The third kappa shape index (κ3) is 9.84. The second kappa shape index (κ2) is 11.9. The van der Waals surface area contributed by atoms with Crippen LogP contribution in [0.3, 0.4) is 0 Å². The van der Waals surface area contributed by atoms with E-state index in [0.29, 0.717) is 5.92 Å². The van der Waals surface area contributed by atoms with E-state index in [1.54, 1.807) is 0 Å². The molecule has 13 heavy (non-hydrogen) atoms. The molecule has 1 rings (SSSR count). The molecule has 1 heterocycles. The standard InChI is InChI=1S/C7H15NO.2C2H6/c1-7-5-8(2)3-4-9-6-7;2*1-2/h7H,3-6H2,1-2H3;2*1-2H3. The molecule has 2 heteroatoms. The molecule has 1 unspecified atom stereocenters. The topological polar surface area (TPSA) is 12.5 Å². The van der Waals surface area contributed by atoms with Gasteiger partial charge in [-0.3, -0.25) is 0 Å². The lowest BCUT2D eigenvalue weighted by Crippen LogP contribution is -2.24. The van der Waals surface area contributed by atoms with Crippen LogP contribution in [0.15, 0.2) is 0 Å². The smallest absolute Gasteiger partial charge is 0.0593 e. The van der Waals surface area contributed by atoms with Crippen molar-refractivity contribution >= 4 is 0 Å². The Morgan fingerprint density at radius 2 is 1.69 bits per heavy atom. The van der Waals surface area contributed by atoms with Crippen molar-refractivity contribution in [3.8, 4) is 0 Å². The summed E-state index contributed by atoms with van der Waals surface area (Å²) in [7, 11) is 2.14. The fourth-order valence-electron chi connectivity index (χ4n) is 1.18. The monoisotopic (exact) mass is 189 g/mol. The Bertz CT molecular complexity index is 76.2. The molecule has 1 fully saturated rings. The van der Waals surface area contributed by atoms with Crippen molar-refractivity contribution in [2.24, 2.45) is 5.92 Å². The maximum atomic E-state index is 5.34. The third-order valence-electron chi connectivity index (χ3n) is 1.64. The normalized spacial score (nSPS) is 23.1. The summed E-state index contributed by atoms with van der Waals surface area (Å²) in [6, 6.07) is 0. The van der Waals surface area contributed by atoms with E-state index in [9.17, 15) is 0 Å². The molecule has 0 aromatic heterocycles. The van der Waals surface area contributed by atoms with Crippen LogP contribution in [0.25, 0.3) is 0 Å². The van der Waals surface area contributed by atoms with Gasteiger partial charge in [-0.25, -0.2) is 0 Å². The van der Waals surface area contributed by atoms with Gasteiger partial charge in [0, 0.05) is 13.1 Å². The summed E-state index contributed by atoms with van der Waals surface area (Å²) in [5.41, 5.74) is 0. The molecule has 1 saturated heterocycles. The van der Waals surface area contributed by atoms with Crippen molar-refractivity contribution < 1.29 is 4.74 Å². The predicted molar refractivity (Wildman–Crippen MR) is 60.2 cm³/mol. The van der Waals surface area contributed by atoms with Gasteiger partial charge in [0.15, 0.2) is 0 Å². The number of nitrogens with zero attached hydrogens (tertiary/aromatic N) is 1. The van der Waals surface area contributed by atoms with Crippen molar-refractivity contribution in [1.82, 2.24) is 4.90 Å². The average Bonchev–Trinajstić information content (AvgIpc) is 2.36. The maximum Gasteiger partial charge on any atom is 0.0593 e. The predicted octanol–water partition coefficient (Wildman–Crippen LogP) is 2.64. The first kappa shape index (κ1) is 15.4. The Kier molecular flexibility index (Phi) is 14.1. The lowest BCUT2D eigenvalue weighted by Gasteiger charge is -2.13. The summed E-state index contributed by atoms with van der Waals surface area (Å²) < 4.78 is 5.34. The van der Waals surface area contributed by atoms with Crippen molar-refractivity contribution in [2.45, 2.75) is 34.6 Å². The molecule has 2 nitrogen and oxygen atoms in total. The largest absolute Gasteiger partial charge is 0.380 e. The highest BCUT2D eigenvalue weighted by molar-refractivity contribution is 4.61. The number of hydrogen-bond acceptors (Lipinski definition) is 2. The minimum absolute atomic E-state index is 0.706. The molecular weight excluding hydrogens is 162 g/mol. The van der Waals surface area contributed by atoms with Gasteiger partial charge in [-0.15, -0.1) is 0 Å². The Morgan fingerprint density at radius 1 is 1.15 bits per heavy atom. The Hall–Kier alpha value is -0.0800. The molecule has 1 aliphatic rings. The lowest BCUT2D eigenvalue weighted by atomic mass is 10.2. The number of hydrogen-bond donors (Lipinski definition) is 0. The van der Waals surface area contributed by atoms with Crippen LogP contribution in [0.2, 0.25) is 0 Å². The Labute approximate surface area is 84.3 Å². The first-order valence-electron chi connectivity index (χ1n) is 5.55. The minimum Gasteiger partial charge on any atom is -0.380 e. The number of rotatable bonds is 0. The number of likely N-dealkylation sites (N-methyl/N-ethyl adjacent to an activating group) is 1. The van der Waals surface area contributed by atoms with E-state index < -0.39 is 0 Å². The molecule has 0 aromatic rings. The van der Waals surface area contributed by atoms with E-state index in [-0.39, 0.29) is 0 Å². The molecule has 1 atom stereocenters. The highest BCUT2D eigenvalue weighted by atomic mass is 16.5. The van der Waals surface area contributed by atoms with Crippen molar-refractivity contribution in [1.29, 1.82) is 0 Å². The van der Waals surface area contributed by atoms with Crippen LogP contribution in [0, 0.1) is 5.92 Å². The van der Waals surface area contributed by atoms with Crippen LogP contribution in [0.5, 0.6) is 0 Å². The van der Waals surface area contributed by atoms with Gasteiger partial charge in [0.1, 0.15) is 0 Å². The fourth-order valence-corrected chi connectivity index (χ4v) is 1.18. The maximum absolute atomic E-state index is 5.34. The summed E-state index contributed by atoms with van der Waals surface area (Å²) in [6.45, 7) is 14.3. The van der Waals surface area contributed by atoms with E-state index >= 15 is 0 Å². The fraction of sp³-hybridized carbons (Fsp3) is 1.00. The lowest BCUT2D eigenvalue weighted by molar-refractivity contribution is 0.127. The first-order chi connectivity index (χ1) is 6.29. The van der Waals surface area contributed by atoms with Gasteiger partial charge in [-0.1, -0.05) is 34.6 Å². The van der Waals surface area contributed by atoms with Gasteiger partial charge in [-0.05, 0) is 13.0 Å². The average molecular weight is 189 g/mol. The summed E-state index contributed by atoms with van der Waals surface area (Å²) in [6.07, 6.45) is 0. The van der Waals surface area contributed by atoms with E-state index in [0.717, 1.165) is 19.8 Å². The molecule has 0 saturated carbocycles. The van der Waals surface area contributed by atoms with E-state index in [1.165, 1.54) is 6.54 Å². The van der Waals surface area contributed by atoms with Crippen LogP contribution in [0.4, 0.5) is 0 Å². The second-order valence-corrected chi connectivity index (χ2v) is 2.94. The molecule has 0 bridgehead atoms. The van der Waals surface area contributed by atoms with Gasteiger partial charge in [0.2, 0.25) is 0 Å². The molecule has 0 aromatic carbocycles. The van der Waals surface area contributed by atoms with Crippen molar-refractivity contribution in [3.63, 3.8) is 0 Å². The van der Waals surface area contributed by atoms with Gasteiger partial charge in [0.05, 0.1) is 13.2 Å². The van der Waals surface area contributed by atoms with Crippen LogP contribution in [-0.2, 0) is 4.74 Å². The summed E-state index contributed by atoms with van der Waals surface area (Å²) >= 11 is 0. The summed E-state index contributed by atoms with van der Waals surface area (Å²) in [5, 5.41) is 0. The molecule has 0 spiro atoms. The van der Waals surface area contributed by atoms with Gasteiger partial charge < -0.3 is 9.64 Å². The zero-order chi connectivity index (χ0) is 10.7. The highest BCUT2D eigenvalue weighted by Gasteiger charge is 2.10. The second-order valence-electron chi connectivity index (χ2n) is 2.94. The van der Waals surface area contributed by atoms with E-state index in [2.05, 4.69) is 18.9 Å². The van der Waals surface area contributed by atoms with Gasteiger partial charge in [-0.2, -0.15) is 0 Å². The van der Waals surface area contributed by atoms with Crippen LogP contribution >= 0.6 is 0 Å². The minimum atomic E-state index is 0.706. The number of ether oxygens (including phenoxy) is 1. The Balaban J connectivity index is 0. The van der Waals surface area contributed by atoms with E-state index in [1.807, 2.05) is 27.7 Å². The van der Waals surface area contributed by atoms with Gasteiger partial charge >= 0.3 is 0 Å². The molecule has 0 amide bonds. The summed E-state index contributed by atoms with van der Waals surface area (Å²) in [4.78, 5) is 2.32. The quantitative estimate of drug-likeness (QED) is 0.581. The molecule has 0 N–H and O–H groups in total. The highest BCUT2D eigenvalue weighted by Crippen LogP contribution is 2.02. The first-order valence-corrected chi connectivity index (χ1v) is 5.55. The molecule has 0 aliphatic carbocycles. The van der Waals surface area contributed by atoms with Crippen LogP contribution in [-0.4, -0.2) is 38.3 Å².